The summed E-state index contributed by atoms with van der Waals surface area (Å²) in [6.07, 6.45) is 2.33. The number of esters is 1. The minimum absolute atomic E-state index is 0.252. The summed E-state index contributed by atoms with van der Waals surface area (Å²) >= 11 is 0. The molecule has 0 aliphatic carbocycles. The van der Waals surface area contributed by atoms with Crippen molar-refractivity contribution < 1.29 is 28.5 Å². The fourth-order valence-electron chi connectivity index (χ4n) is 4.01. The minimum Gasteiger partial charge on any atom is -0.496 e. The van der Waals surface area contributed by atoms with Crippen LogP contribution in [0.2, 0.25) is 0 Å². The minimum atomic E-state index is -0.553. The van der Waals surface area contributed by atoms with Crippen molar-refractivity contribution in [1.82, 2.24) is 4.90 Å². The third kappa shape index (κ3) is 6.35. The quantitative estimate of drug-likeness (QED) is 0.279. The first kappa shape index (κ1) is 27.3. The zero-order chi connectivity index (χ0) is 25.3. The molecule has 0 spiro atoms. The third-order valence-corrected chi connectivity index (χ3v) is 5.90. The van der Waals surface area contributed by atoms with Gasteiger partial charge in [-0.15, -0.1) is 0 Å². The van der Waals surface area contributed by atoms with E-state index in [1.165, 1.54) is 0 Å². The van der Waals surface area contributed by atoms with Crippen molar-refractivity contribution in [3.05, 3.63) is 35.4 Å². The number of hydrogen-bond acceptors (Lipinski definition) is 7. The average Bonchev–Trinajstić information content (AvgIpc) is 2.85. The van der Waals surface area contributed by atoms with E-state index in [1.54, 1.807) is 28.4 Å². The van der Waals surface area contributed by atoms with Crippen LogP contribution in [0.3, 0.4) is 0 Å². The Hall–Kier alpha value is -2.93. The van der Waals surface area contributed by atoms with E-state index in [0.717, 1.165) is 24.0 Å². The van der Waals surface area contributed by atoms with E-state index in [9.17, 15) is 4.79 Å². The normalized spacial score (nSPS) is 11.8. The molecule has 0 saturated heterocycles. The molecule has 0 aliphatic heterocycles. The van der Waals surface area contributed by atoms with E-state index in [1.807, 2.05) is 32.0 Å². The molecule has 0 amide bonds. The van der Waals surface area contributed by atoms with E-state index in [0.29, 0.717) is 53.3 Å². The number of nitrogens with zero attached hydrogens (tertiary/aromatic N) is 1. The molecule has 1 atom stereocenters. The van der Waals surface area contributed by atoms with Crippen molar-refractivity contribution in [3.8, 4) is 23.0 Å². The molecule has 2 aromatic carbocycles. The maximum Gasteiger partial charge on any atom is 0.307 e. The van der Waals surface area contributed by atoms with E-state index >= 15 is 0 Å². The largest absolute Gasteiger partial charge is 0.496 e. The maximum absolute atomic E-state index is 12.9. The molecule has 2 rings (SSSR count). The van der Waals surface area contributed by atoms with Gasteiger partial charge in [-0.2, -0.15) is 0 Å². The van der Waals surface area contributed by atoms with Crippen LogP contribution in [-0.2, 0) is 9.53 Å². The Labute approximate surface area is 203 Å². The van der Waals surface area contributed by atoms with Gasteiger partial charge in [-0.3, -0.25) is 4.79 Å². The predicted octanol–water partition coefficient (Wildman–Crippen LogP) is 5.55. The molecule has 0 saturated carbocycles. The maximum atomic E-state index is 12.9. The molecule has 0 aromatic heterocycles. The van der Waals surface area contributed by atoms with Crippen molar-refractivity contribution in [3.63, 3.8) is 0 Å². The second-order valence-electron chi connectivity index (χ2n) is 8.19. The molecule has 0 fully saturated rings. The van der Waals surface area contributed by atoms with Crippen LogP contribution in [-0.4, -0.2) is 58.9 Å². The summed E-state index contributed by atoms with van der Waals surface area (Å²) in [6.45, 7) is 10.6. The van der Waals surface area contributed by atoms with E-state index in [2.05, 4.69) is 24.8 Å². The number of rotatable bonds is 13. The van der Waals surface area contributed by atoms with Crippen LogP contribution in [0.5, 0.6) is 23.0 Å². The smallest absolute Gasteiger partial charge is 0.307 e. The molecule has 0 aliphatic rings. The van der Waals surface area contributed by atoms with Crippen molar-refractivity contribution >= 4 is 16.7 Å². The molecule has 34 heavy (non-hydrogen) atoms. The van der Waals surface area contributed by atoms with Crippen molar-refractivity contribution in [2.45, 2.75) is 46.6 Å². The first-order valence-corrected chi connectivity index (χ1v) is 11.7. The van der Waals surface area contributed by atoms with Crippen LogP contribution in [0.25, 0.3) is 10.8 Å². The molecule has 7 heteroatoms. The Morgan fingerprint density at radius 1 is 0.912 bits per heavy atom. The molecule has 0 bridgehead atoms. The van der Waals surface area contributed by atoms with E-state index < -0.39 is 6.10 Å². The van der Waals surface area contributed by atoms with Gasteiger partial charge in [0.1, 0.15) is 29.1 Å². The first-order valence-electron chi connectivity index (χ1n) is 11.7. The third-order valence-electron chi connectivity index (χ3n) is 5.90. The summed E-state index contributed by atoms with van der Waals surface area (Å²) in [5, 5.41) is 1.44. The van der Waals surface area contributed by atoms with Crippen LogP contribution in [0, 0.1) is 0 Å². The number of carbonyl (C=O) groups excluding carboxylic acids is 1. The Balaban J connectivity index is 2.64. The fourth-order valence-corrected chi connectivity index (χ4v) is 4.01. The summed E-state index contributed by atoms with van der Waals surface area (Å²) < 4.78 is 28.9. The lowest BCUT2D eigenvalue weighted by atomic mass is 9.97. The number of fused-ring (bicyclic) bond motifs is 1. The van der Waals surface area contributed by atoms with Crippen LogP contribution < -0.4 is 18.9 Å². The Bertz CT molecular complexity index is 993. The number of allylic oxidation sites excluding steroid dienone is 1. The number of benzene rings is 2. The van der Waals surface area contributed by atoms with E-state index in [-0.39, 0.29) is 5.97 Å². The molecule has 0 heterocycles. The number of ether oxygens (including phenoxy) is 5. The highest BCUT2D eigenvalue weighted by Gasteiger charge is 2.27. The molecule has 188 valence electrons. The number of carbonyl (C=O) groups is 1. The molecule has 2 aromatic rings. The number of hydrogen-bond donors (Lipinski definition) is 0. The Morgan fingerprint density at radius 3 is 2.00 bits per heavy atom. The second-order valence-corrected chi connectivity index (χ2v) is 8.19. The van der Waals surface area contributed by atoms with Crippen LogP contribution >= 0.6 is 0 Å². The lowest BCUT2D eigenvalue weighted by molar-refractivity contribution is -0.149. The summed E-state index contributed by atoms with van der Waals surface area (Å²) in [4.78, 5) is 15.1. The SMILES string of the molecule is CCN(CC)CCC(=O)O[C@@H](CC=C(C)C)c1cc(OC)c2c(OC)ccc(OC)c2c1OC. The monoisotopic (exact) mass is 473 g/mol. The molecule has 7 nitrogen and oxygen atoms in total. The molecule has 0 N–H and O–H groups in total. The highest BCUT2D eigenvalue weighted by Crippen LogP contribution is 2.48. The lowest BCUT2D eigenvalue weighted by Gasteiger charge is -2.24. The van der Waals surface area contributed by atoms with Gasteiger partial charge in [0.2, 0.25) is 0 Å². The van der Waals surface area contributed by atoms with Gasteiger partial charge in [0.25, 0.3) is 0 Å². The summed E-state index contributed by atoms with van der Waals surface area (Å²) in [5.74, 6) is 2.15. The van der Waals surface area contributed by atoms with Gasteiger partial charge < -0.3 is 28.6 Å². The summed E-state index contributed by atoms with van der Waals surface area (Å²) in [5.41, 5.74) is 1.85. The van der Waals surface area contributed by atoms with Gasteiger partial charge in [0, 0.05) is 18.5 Å². The highest BCUT2D eigenvalue weighted by molar-refractivity contribution is 6.03. The van der Waals surface area contributed by atoms with Crippen molar-refractivity contribution in [2.75, 3.05) is 48.1 Å². The van der Waals surface area contributed by atoms with Crippen molar-refractivity contribution in [1.29, 1.82) is 0 Å². The fraction of sp³-hybridized carbons (Fsp3) is 0.519. The average molecular weight is 474 g/mol. The lowest BCUT2D eigenvalue weighted by Crippen LogP contribution is -2.26. The standard InChI is InChI=1S/C27H39NO6/c1-9-28(10-2)16-15-24(29)34-20(12-11-18(3)4)19-17-23(32-7)25-21(30-5)13-14-22(31-6)26(25)27(19)33-8/h11,13-14,17,20H,9-10,12,15-16H2,1-8H3/t20-/m0/s1. The van der Waals surface area contributed by atoms with Gasteiger partial charge in [0.05, 0.1) is 45.6 Å². The predicted molar refractivity (Wildman–Crippen MR) is 135 cm³/mol. The zero-order valence-electron chi connectivity index (χ0n) is 21.8. The van der Waals surface area contributed by atoms with Gasteiger partial charge in [-0.1, -0.05) is 25.5 Å². The summed E-state index contributed by atoms with van der Waals surface area (Å²) in [7, 11) is 6.42. The van der Waals surface area contributed by atoms with E-state index in [4.69, 9.17) is 23.7 Å². The zero-order valence-corrected chi connectivity index (χ0v) is 21.8. The molecule has 0 unspecified atom stereocenters. The van der Waals surface area contributed by atoms with Crippen molar-refractivity contribution in [2.24, 2.45) is 0 Å². The number of methoxy groups -OCH3 is 4. The molecular formula is C27H39NO6. The van der Waals surface area contributed by atoms with Gasteiger partial charge in [-0.25, -0.2) is 0 Å². The van der Waals surface area contributed by atoms with Crippen LogP contribution in [0.4, 0.5) is 0 Å². The second kappa shape index (κ2) is 13.1. The Kier molecular flexibility index (Phi) is 10.5. The highest BCUT2D eigenvalue weighted by atomic mass is 16.5. The van der Waals surface area contributed by atoms with Crippen LogP contribution in [0.1, 0.15) is 52.2 Å². The topological polar surface area (TPSA) is 66.5 Å². The van der Waals surface area contributed by atoms with Gasteiger partial charge in [-0.05, 0) is 45.1 Å². The Morgan fingerprint density at radius 2 is 1.50 bits per heavy atom. The van der Waals surface area contributed by atoms with Gasteiger partial charge in [0.15, 0.2) is 0 Å². The van der Waals surface area contributed by atoms with Crippen LogP contribution in [0.15, 0.2) is 29.8 Å². The molecule has 0 radical (unpaired) electrons. The molecular weight excluding hydrogens is 434 g/mol. The van der Waals surface area contributed by atoms with Gasteiger partial charge >= 0.3 is 5.97 Å². The first-order chi connectivity index (χ1) is 16.3. The summed E-state index contributed by atoms with van der Waals surface area (Å²) in [6, 6.07) is 5.52.